The van der Waals surface area contributed by atoms with Crippen LogP contribution in [0.3, 0.4) is 0 Å². The van der Waals surface area contributed by atoms with Gasteiger partial charge in [-0.05, 0) is 56.6 Å². The van der Waals surface area contributed by atoms with E-state index < -0.39 is 0 Å². The number of hydrogen-bond acceptors (Lipinski definition) is 4. The maximum atomic E-state index is 12.0. The molecule has 1 rings (SSSR count). The number of benzene rings is 1. The van der Waals surface area contributed by atoms with Crippen molar-refractivity contribution in [2.45, 2.75) is 155 Å². The van der Waals surface area contributed by atoms with Crippen molar-refractivity contribution in [3.8, 4) is 5.75 Å². The molecule has 0 saturated carbocycles. The summed E-state index contributed by atoms with van der Waals surface area (Å²) in [5.74, 6) is 0.857. The maximum Gasteiger partial charge on any atom is 0.305 e. The van der Waals surface area contributed by atoms with E-state index in [1.54, 1.807) is 0 Å². The van der Waals surface area contributed by atoms with Crippen LogP contribution < -0.4 is 4.74 Å². The lowest BCUT2D eigenvalue weighted by atomic mass is 10.0. The fourth-order valence-electron chi connectivity index (χ4n) is 5.06. The van der Waals surface area contributed by atoms with Crippen LogP contribution in [0.25, 0.3) is 0 Å². The molecule has 0 amide bonds. The summed E-state index contributed by atoms with van der Waals surface area (Å²) < 4.78 is 16.9. The number of carbonyl (C=O) groups excluding carboxylic acids is 1. The lowest BCUT2D eigenvalue weighted by molar-refractivity contribution is -0.145. The van der Waals surface area contributed by atoms with Crippen LogP contribution in [-0.4, -0.2) is 32.4 Å². The van der Waals surface area contributed by atoms with Gasteiger partial charge >= 0.3 is 5.97 Å². The monoisotopic (exact) mass is 572 g/mol. The van der Waals surface area contributed by atoms with Crippen LogP contribution in [0, 0.1) is 0 Å². The van der Waals surface area contributed by atoms with Gasteiger partial charge in [-0.2, -0.15) is 0 Å². The second-order valence-electron chi connectivity index (χ2n) is 11.5. The zero-order chi connectivity index (χ0) is 29.5. The van der Waals surface area contributed by atoms with E-state index in [0.717, 1.165) is 25.0 Å². The quantitative estimate of drug-likeness (QED) is 0.0522. The first-order valence-corrected chi connectivity index (χ1v) is 17.4. The summed E-state index contributed by atoms with van der Waals surface area (Å²) in [7, 11) is 0. The van der Waals surface area contributed by atoms with Gasteiger partial charge in [-0.15, -0.1) is 0 Å². The van der Waals surface area contributed by atoms with E-state index in [1.807, 2.05) is 12.1 Å². The molecule has 0 aliphatic carbocycles. The number of carbonyl (C=O) groups is 1. The molecule has 0 radical (unpaired) electrons. The average Bonchev–Trinajstić information content (AvgIpc) is 2.98. The van der Waals surface area contributed by atoms with Gasteiger partial charge in [0.05, 0.1) is 13.2 Å². The van der Waals surface area contributed by atoms with Gasteiger partial charge < -0.3 is 14.2 Å². The molecule has 4 nitrogen and oxygen atoms in total. The Morgan fingerprint density at radius 1 is 0.610 bits per heavy atom. The van der Waals surface area contributed by atoms with Gasteiger partial charge in [0.15, 0.2) is 0 Å². The Labute approximate surface area is 254 Å². The highest BCUT2D eigenvalue weighted by Gasteiger charge is 2.05. The van der Waals surface area contributed by atoms with Crippen molar-refractivity contribution in [2.75, 3.05) is 26.4 Å². The fourth-order valence-corrected chi connectivity index (χ4v) is 5.06. The van der Waals surface area contributed by atoms with Crippen molar-refractivity contribution in [1.29, 1.82) is 0 Å². The molecule has 0 spiro atoms. The van der Waals surface area contributed by atoms with Crippen molar-refractivity contribution in [2.24, 2.45) is 0 Å². The Morgan fingerprint density at radius 3 is 1.80 bits per heavy atom. The first kappa shape index (κ1) is 37.2. The summed E-state index contributed by atoms with van der Waals surface area (Å²) >= 11 is 0. The second-order valence-corrected chi connectivity index (χ2v) is 11.5. The van der Waals surface area contributed by atoms with Crippen molar-refractivity contribution < 1.29 is 19.0 Å². The molecule has 0 aromatic heterocycles. The van der Waals surface area contributed by atoms with Gasteiger partial charge in [0, 0.05) is 6.42 Å². The lowest BCUT2D eigenvalue weighted by Crippen LogP contribution is -2.14. The van der Waals surface area contributed by atoms with E-state index in [1.165, 1.54) is 121 Å². The molecular formula is C37H64O4. The molecule has 41 heavy (non-hydrogen) atoms. The number of hydrogen-bond donors (Lipinski definition) is 0. The molecule has 0 N–H and O–H groups in total. The number of ether oxygens (including phenoxy) is 3. The smallest absolute Gasteiger partial charge is 0.305 e. The number of allylic oxidation sites excluding steroid dienone is 2. The standard InChI is InChI=1S/C37H64O4/c1-3-5-7-9-11-12-13-14-15-16-17-18-20-22-24-30-37(38)41-34-32-39-31-33-40-36-29-26-25-28-35(36)27-23-21-19-10-8-6-4-2/h14-15,25-26,28-29H,3-13,16-24,27,30-34H2,1-2H3. The summed E-state index contributed by atoms with van der Waals surface area (Å²) in [6.45, 7) is 6.28. The van der Waals surface area contributed by atoms with Gasteiger partial charge in [0.25, 0.3) is 0 Å². The number of rotatable bonds is 30. The molecule has 1 aromatic carbocycles. The van der Waals surface area contributed by atoms with Gasteiger partial charge in [-0.1, -0.05) is 134 Å². The van der Waals surface area contributed by atoms with E-state index in [4.69, 9.17) is 14.2 Å². The van der Waals surface area contributed by atoms with Crippen LogP contribution >= 0.6 is 0 Å². The third-order valence-corrected chi connectivity index (χ3v) is 7.64. The molecule has 0 atom stereocenters. The Morgan fingerprint density at radius 2 is 1.15 bits per heavy atom. The van der Waals surface area contributed by atoms with E-state index in [9.17, 15) is 4.79 Å². The van der Waals surface area contributed by atoms with Crippen molar-refractivity contribution in [3.05, 3.63) is 42.0 Å². The Bertz CT molecular complexity index is 729. The molecule has 0 unspecified atom stereocenters. The molecule has 1 aromatic rings. The molecule has 0 saturated heterocycles. The highest BCUT2D eigenvalue weighted by atomic mass is 16.6. The first-order chi connectivity index (χ1) is 20.3. The Hall–Kier alpha value is -1.81. The molecule has 0 aliphatic heterocycles. The van der Waals surface area contributed by atoms with E-state index in [0.29, 0.717) is 32.8 Å². The summed E-state index contributed by atoms with van der Waals surface area (Å²) in [4.78, 5) is 12.0. The predicted octanol–water partition coefficient (Wildman–Crippen LogP) is 11.0. The van der Waals surface area contributed by atoms with Crippen LogP contribution in [-0.2, 0) is 20.7 Å². The van der Waals surface area contributed by atoms with Crippen molar-refractivity contribution >= 4 is 5.97 Å². The predicted molar refractivity (Wildman–Crippen MR) is 175 cm³/mol. The summed E-state index contributed by atoms with van der Waals surface area (Å²) in [6.07, 6.45) is 31.9. The largest absolute Gasteiger partial charge is 0.491 e. The highest BCUT2D eigenvalue weighted by molar-refractivity contribution is 5.69. The molecule has 4 heteroatoms. The van der Waals surface area contributed by atoms with E-state index >= 15 is 0 Å². The first-order valence-electron chi connectivity index (χ1n) is 17.4. The minimum Gasteiger partial charge on any atom is -0.491 e. The van der Waals surface area contributed by atoms with Crippen molar-refractivity contribution in [1.82, 2.24) is 0 Å². The number of aryl methyl sites for hydroxylation is 1. The van der Waals surface area contributed by atoms with Crippen LogP contribution in [0.15, 0.2) is 36.4 Å². The fraction of sp³-hybridized carbons (Fsp3) is 0.757. The summed E-state index contributed by atoms with van der Waals surface area (Å²) in [5.41, 5.74) is 1.28. The van der Waals surface area contributed by atoms with Gasteiger partial charge in [-0.3, -0.25) is 4.79 Å². The molecule has 0 fully saturated rings. The zero-order valence-corrected chi connectivity index (χ0v) is 27.0. The van der Waals surface area contributed by atoms with Gasteiger partial charge in [-0.25, -0.2) is 0 Å². The molecule has 0 bridgehead atoms. The molecular weight excluding hydrogens is 508 g/mol. The SMILES string of the molecule is CCCCCCCCC=CCCCCCCCC(=O)OCCOCCOc1ccccc1CCCCCCCCC. The van der Waals surface area contributed by atoms with Crippen LogP contribution in [0.1, 0.15) is 154 Å². The third kappa shape index (κ3) is 24.5. The molecule has 236 valence electrons. The Balaban J connectivity index is 1.91. The second kappa shape index (κ2) is 29.7. The average molecular weight is 573 g/mol. The third-order valence-electron chi connectivity index (χ3n) is 7.64. The Kier molecular flexibility index (Phi) is 26.9. The number of esters is 1. The minimum atomic E-state index is -0.109. The van der Waals surface area contributed by atoms with Crippen LogP contribution in [0.2, 0.25) is 0 Å². The number of unbranched alkanes of at least 4 members (excludes halogenated alkanes) is 17. The topological polar surface area (TPSA) is 44.8 Å². The summed E-state index contributed by atoms with van der Waals surface area (Å²) in [6, 6.07) is 8.33. The number of para-hydroxylation sites is 1. The highest BCUT2D eigenvalue weighted by Crippen LogP contribution is 2.21. The van der Waals surface area contributed by atoms with Crippen molar-refractivity contribution in [3.63, 3.8) is 0 Å². The van der Waals surface area contributed by atoms with Gasteiger partial charge in [0.1, 0.15) is 19.0 Å². The van der Waals surface area contributed by atoms with Crippen LogP contribution in [0.5, 0.6) is 5.75 Å². The van der Waals surface area contributed by atoms with Gasteiger partial charge in [0.2, 0.25) is 0 Å². The minimum absolute atomic E-state index is 0.109. The molecule has 0 aliphatic rings. The normalized spacial score (nSPS) is 11.4. The van der Waals surface area contributed by atoms with E-state index in [2.05, 4.69) is 38.1 Å². The van der Waals surface area contributed by atoms with E-state index in [-0.39, 0.29) is 5.97 Å². The maximum absolute atomic E-state index is 12.0. The summed E-state index contributed by atoms with van der Waals surface area (Å²) in [5, 5.41) is 0. The van der Waals surface area contributed by atoms with Crippen LogP contribution in [0.4, 0.5) is 0 Å². The lowest BCUT2D eigenvalue weighted by Gasteiger charge is -2.12. The molecule has 0 heterocycles. The zero-order valence-electron chi connectivity index (χ0n) is 27.0.